The number of halogens is 1. The van der Waals surface area contributed by atoms with Crippen molar-refractivity contribution in [3.63, 3.8) is 0 Å². The van der Waals surface area contributed by atoms with Crippen LogP contribution in [0.5, 0.6) is 0 Å². The molecule has 1 aliphatic rings. The zero-order chi connectivity index (χ0) is 21.8. The fourth-order valence-corrected chi connectivity index (χ4v) is 3.65. The molecule has 0 saturated heterocycles. The predicted octanol–water partition coefficient (Wildman–Crippen LogP) is 4.74. The first-order chi connectivity index (χ1) is 15.0. The third-order valence-electron chi connectivity index (χ3n) is 5.19. The summed E-state index contributed by atoms with van der Waals surface area (Å²) in [4.78, 5) is 34.5. The molecule has 3 aromatic rings. The minimum absolute atomic E-state index is 0.00828. The monoisotopic (exact) mass is 434 g/mol. The second-order valence-electron chi connectivity index (χ2n) is 7.76. The minimum atomic E-state index is -0.130. The quantitative estimate of drug-likeness (QED) is 0.582. The van der Waals surface area contributed by atoms with Crippen molar-refractivity contribution in [2.75, 3.05) is 16.8 Å². The van der Waals surface area contributed by atoms with Gasteiger partial charge in [-0.15, -0.1) is 0 Å². The number of benzene rings is 1. The number of nitrogens with one attached hydrogen (secondary N) is 1. The third-order valence-corrected chi connectivity index (χ3v) is 5.49. The number of hydrogen-bond donors (Lipinski definition) is 1. The summed E-state index contributed by atoms with van der Waals surface area (Å²) >= 11 is 6.52. The Hall–Kier alpha value is -3.25. The van der Waals surface area contributed by atoms with Gasteiger partial charge in [0.15, 0.2) is 0 Å². The molecule has 31 heavy (non-hydrogen) atoms. The van der Waals surface area contributed by atoms with Crippen LogP contribution in [-0.4, -0.2) is 28.3 Å². The van der Waals surface area contributed by atoms with Crippen LogP contribution < -0.4 is 10.2 Å². The Balaban J connectivity index is 1.44. The summed E-state index contributed by atoms with van der Waals surface area (Å²) in [6, 6.07) is 12.9. The van der Waals surface area contributed by atoms with Crippen molar-refractivity contribution in [1.82, 2.24) is 9.97 Å². The number of aromatic nitrogens is 2. The lowest BCUT2D eigenvalue weighted by Gasteiger charge is -2.22. The Morgan fingerprint density at radius 1 is 1.16 bits per heavy atom. The molecule has 0 unspecified atom stereocenters. The summed E-state index contributed by atoms with van der Waals surface area (Å²) in [5, 5.41) is 3.36. The average molecular weight is 435 g/mol. The zero-order valence-electron chi connectivity index (χ0n) is 17.2. The van der Waals surface area contributed by atoms with Gasteiger partial charge in [0, 0.05) is 31.4 Å². The van der Waals surface area contributed by atoms with E-state index in [-0.39, 0.29) is 18.2 Å². The number of carbonyl (C=O) groups excluding carboxylic acids is 2. The number of rotatable bonds is 7. The molecule has 2 aromatic heterocycles. The fraction of sp³-hybridized carbons (Fsp3) is 0.250. The molecule has 158 valence electrons. The molecule has 1 fully saturated rings. The van der Waals surface area contributed by atoms with Gasteiger partial charge >= 0.3 is 0 Å². The van der Waals surface area contributed by atoms with Crippen LogP contribution in [0.15, 0.2) is 61.1 Å². The molecule has 0 aliphatic heterocycles. The fourth-order valence-electron chi connectivity index (χ4n) is 3.37. The second kappa shape index (κ2) is 9.27. The lowest BCUT2D eigenvalue weighted by atomic mass is 10.1. The van der Waals surface area contributed by atoms with E-state index in [0.29, 0.717) is 23.2 Å². The summed E-state index contributed by atoms with van der Waals surface area (Å²) in [5.74, 6) is 0.434. The normalized spacial score (nSPS) is 13.0. The summed E-state index contributed by atoms with van der Waals surface area (Å²) in [5.41, 5.74) is 3.77. The van der Waals surface area contributed by atoms with Crippen LogP contribution >= 0.6 is 11.6 Å². The van der Waals surface area contributed by atoms with Gasteiger partial charge in [-0.3, -0.25) is 19.6 Å². The van der Waals surface area contributed by atoms with E-state index in [1.165, 1.54) is 0 Å². The van der Waals surface area contributed by atoms with Crippen LogP contribution in [0, 0.1) is 5.92 Å². The highest BCUT2D eigenvalue weighted by Crippen LogP contribution is 2.35. The van der Waals surface area contributed by atoms with Gasteiger partial charge in [-0.2, -0.15) is 0 Å². The van der Waals surface area contributed by atoms with E-state index in [9.17, 15) is 9.59 Å². The topological polar surface area (TPSA) is 75.2 Å². The Morgan fingerprint density at radius 2 is 2.00 bits per heavy atom. The van der Waals surface area contributed by atoms with Gasteiger partial charge < -0.3 is 10.2 Å². The highest BCUT2D eigenvalue weighted by Gasteiger charge is 2.27. The van der Waals surface area contributed by atoms with Gasteiger partial charge in [-0.25, -0.2) is 0 Å². The number of nitrogens with zero attached hydrogens (tertiary/aromatic N) is 3. The van der Waals surface area contributed by atoms with E-state index in [1.54, 1.807) is 42.5 Å². The van der Waals surface area contributed by atoms with Crippen LogP contribution in [0.1, 0.15) is 25.3 Å². The largest absolute Gasteiger partial charge is 0.324 e. The molecule has 2 amide bonds. The van der Waals surface area contributed by atoms with E-state index in [4.69, 9.17) is 11.6 Å². The van der Waals surface area contributed by atoms with Crippen molar-refractivity contribution < 1.29 is 9.59 Å². The maximum atomic E-state index is 12.2. The van der Waals surface area contributed by atoms with Crippen LogP contribution in [0.3, 0.4) is 0 Å². The Labute approximate surface area is 186 Å². The highest BCUT2D eigenvalue weighted by molar-refractivity contribution is 6.34. The minimum Gasteiger partial charge on any atom is -0.324 e. The number of pyridine rings is 2. The van der Waals surface area contributed by atoms with Crippen molar-refractivity contribution in [2.24, 2.45) is 5.92 Å². The van der Waals surface area contributed by atoms with E-state index < -0.39 is 0 Å². The first-order valence-corrected chi connectivity index (χ1v) is 10.6. The predicted molar refractivity (Wildman–Crippen MR) is 122 cm³/mol. The standard InChI is InChI=1S/C24H23ClN4O2/c1-16(30)29(15-17-4-5-17)23-9-6-19(12-21(23)25)22-8-7-20(14-27-22)28-24(31)11-18-3-2-10-26-13-18/h2-3,6-10,12-14,17H,4-5,11,15H2,1H3,(H,28,31). The Bertz CT molecular complexity index is 1080. The first kappa shape index (κ1) is 21.0. The molecule has 0 atom stereocenters. The molecule has 1 N–H and O–H groups in total. The smallest absolute Gasteiger partial charge is 0.228 e. The van der Waals surface area contributed by atoms with Gasteiger partial charge in [0.1, 0.15) is 0 Å². The maximum Gasteiger partial charge on any atom is 0.228 e. The van der Waals surface area contributed by atoms with Crippen LogP contribution in [0.2, 0.25) is 5.02 Å². The maximum absolute atomic E-state index is 12.2. The molecule has 1 aromatic carbocycles. The van der Waals surface area contributed by atoms with Crippen molar-refractivity contribution in [3.8, 4) is 11.3 Å². The Kier molecular flexibility index (Phi) is 6.28. The van der Waals surface area contributed by atoms with E-state index >= 15 is 0 Å². The lowest BCUT2D eigenvalue weighted by Crippen LogP contribution is -2.30. The summed E-state index contributed by atoms with van der Waals surface area (Å²) in [6.07, 6.45) is 7.54. The molecule has 7 heteroatoms. The van der Waals surface area contributed by atoms with Crippen LogP contribution in [0.25, 0.3) is 11.3 Å². The molecule has 0 radical (unpaired) electrons. The van der Waals surface area contributed by atoms with Crippen molar-refractivity contribution in [2.45, 2.75) is 26.2 Å². The summed E-state index contributed by atoms with van der Waals surface area (Å²) in [7, 11) is 0. The SMILES string of the molecule is CC(=O)N(CC1CC1)c1ccc(-c2ccc(NC(=O)Cc3cccnc3)cn2)cc1Cl. The van der Waals surface area contributed by atoms with Crippen molar-refractivity contribution in [1.29, 1.82) is 0 Å². The molecule has 1 aliphatic carbocycles. The first-order valence-electron chi connectivity index (χ1n) is 10.2. The highest BCUT2D eigenvalue weighted by atomic mass is 35.5. The molecule has 2 heterocycles. The van der Waals surface area contributed by atoms with Gasteiger partial charge in [-0.05, 0) is 54.7 Å². The molecular formula is C24H23ClN4O2. The van der Waals surface area contributed by atoms with Gasteiger partial charge in [0.2, 0.25) is 11.8 Å². The van der Waals surface area contributed by atoms with Gasteiger partial charge in [0.05, 0.1) is 34.7 Å². The van der Waals surface area contributed by atoms with Crippen LogP contribution in [0.4, 0.5) is 11.4 Å². The molecule has 4 rings (SSSR count). The number of hydrogen-bond acceptors (Lipinski definition) is 4. The van der Waals surface area contributed by atoms with Crippen molar-refractivity contribution >= 4 is 34.8 Å². The molecule has 6 nitrogen and oxygen atoms in total. The van der Waals surface area contributed by atoms with E-state index in [2.05, 4.69) is 15.3 Å². The summed E-state index contributed by atoms with van der Waals surface area (Å²) in [6.45, 7) is 2.27. The van der Waals surface area contributed by atoms with Crippen molar-refractivity contribution in [3.05, 3.63) is 71.6 Å². The number of carbonyl (C=O) groups is 2. The molecule has 0 bridgehead atoms. The summed E-state index contributed by atoms with van der Waals surface area (Å²) < 4.78 is 0. The third kappa shape index (κ3) is 5.47. The molecule has 0 spiro atoms. The van der Waals surface area contributed by atoms with Crippen LogP contribution in [-0.2, 0) is 16.0 Å². The molecule has 1 saturated carbocycles. The van der Waals surface area contributed by atoms with Gasteiger partial charge in [0.25, 0.3) is 0 Å². The Morgan fingerprint density at radius 3 is 2.61 bits per heavy atom. The number of anilines is 2. The second-order valence-corrected chi connectivity index (χ2v) is 8.16. The zero-order valence-corrected chi connectivity index (χ0v) is 18.0. The lowest BCUT2D eigenvalue weighted by molar-refractivity contribution is -0.117. The van der Waals surface area contributed by atoms with Gasteiger partial charge in [-0.1, -0.05) is 23.7 Å². The van der Waals surface area contributed by atoms with E-state index in [0.717, 1.165) is 35.3 Å². The number of amides is 2. The van der Waals surface area contributed by atoms with E-state index in [1.807, 2.05) is 30.3 Å². The average Bonchev–Trinajstić information content (AvgIpc) is 3.58. The molecular weight excluding hydrogens is 412 g/mol.